The van der Waals surface area contributed by atoms with Crippen molar-refractivity contribution in [2.45, 2.75) is 51.4 Å². The number of aromatic nitrogens is 1. The number of ether oxygens (including phenoxy) is 1. The van der Waals surface area contributed by atoms with Gasteiger partial charge in [-0.05, 0) is 49.6 Å². The van der Waals surface area contributed by atoms with E-state index < -0.39 is 0 Å². The molecule has 1 aromatic heterocycles. The van der Waals surface area contributed by atoms with Crippen LogP contribution in [-0.4, -0.2) is 46.4 Å². The second-order valence-electron chi connectivity index (χ2n) is 7.57. The third-order valence-electron chi connectivity index (χ3n) is 5.82. The van der Waals surface area contributed by atoms with E-state index in [1.807, 2.05) is 37.3 Å². The van der Waals surface area contributed by atoms with Gasteiger partial charge in [-0.3, -0.25) is 14.7 Å². The number of carbonyl (C=O) groups is 1. The molecule has 142 valence electrons. The molecule has 27 heavy (non-hydrogen) atoms. The van der Waals surface area contributed by atoms with E-state index in [-0.39, 0.29) is 5.91 Å². The van der Waals surface area contributed by atoms with Gasteiger partial charge in [0, 0.05) is 37.3 Å². The maximum Gasteiger partial charge on any atom is 0.223 e. The van der Waals surface area contributed by atoms with E-state index in [2.05, 4.69) is 26.9 Å². The molecule has 0 aliphatic carbocycles. The lowest BCUT2D eigenvalue weighted by atomic mass is 9.95. The molecule has 4 rings (SSSR count). The Balaban J connectivity index is 1.46. The van der Waals surface area contributed by atoms with Crippen LogP contribution >= 0.6 is 0 Å². The maximum atomic E-state index is 12.6. The van der Waals surface area contributed by atoms with Crippen LogP contribution in [-0.2, 0) is 17.9 Å². The highest BCUT2D eigenvalue weighted by Gasteiger charge is 2.42. The molecule has 1 amide bonds. The first-order valence-corrected chi connectivity index (χ1v) is 9.73. The molecule has 5 nitrogen and oxygen atoms in total. The maximum absolute atomic E-state index is 12.6. The molecule has 0 N–H and O–H groups in total. The molecular formula is C22H27N3O2. The lowest BCUT2D eigenvalue weighted by Gasteiger charge is -2.39. The Bertz CT molecular complexity index is 805. The second-order valence-corrected chi connectivity index (χ2v) is 7.57. The first-order valence-electron chi connectivity index (χ1n) is 9.73. The number of carbonyl (C=O) groups excluding carboxylic acids is 1. The SMILES string of the molecule is COc1ccc(CN2CC[C@@H]3[C@H]2CCC(=O)N3Cc2cccc(C)n2)cc1. The molecule has 2 saturated heterocycles. The normalized spacial score (nSPS) is 22.7. The minimum atomic E-state index is 0.269. The molecular weight excluding hydrogens is 338 g/mol. The number of piperidine rings is 1. The van der Waals surface area contributed by atoms with E-state index in [1.54, 1.807) is 7.11 Å². The standard InChI is InChI=1S/C22H27N3O2/c1-16-4-3-5-18(23-16)15-25-21-12-13-24(20(21)10-11-22(25)26)14-17-6-8-19(27-2)9-7-17/h3-9,20-21H,10-15H2,1-2H3/t20-,21-/m1/s1. The van der Waals surface area contributed by atoms with Crippen LogP contribution in [0.25, 0.3) is 0 Å². The molecule has 0 saturated carbocycles. The van der Waals surface area contributed by atoms with Gasteiger partial charge in [0.25, 0.3) is 0 Å². The summed E-state index contributed by atoms with van der Waals surface area (Å²) in [5.74, 6) is 1.16. The van der Waals surface area contributed by atoms with Gasteiger partial charge in [0.1, 0.15) is 5.75 Å². The highest BCUT2D eigenvalue weighted by Crippen LogP contribution is 2.33. The smallest absolute Gasteiger partial charge is 0.223 e. The van der Waals surface area contributed by atoms with Gasteiger partial charge in [0.05, 0.1) is 19.3 Å². The Kier molecular flexibility index (Phi) is 5.12. The monoisotopic (exact) mass is 365 g/mol. The molecule has 1 aromatic carbocycles. The fraction of sp³-hybridized carbons (Fsp3) is 0.455. The van der Waals surface area contributed by atoms with E-state index in [0.29, 0.717) is 25.0 Å². The summed E-state index contributed by atoms with van der Waals surface area (Å²) in [6.45, 7) is 4.58. The van der Waals surface area contributed by atoms with Crippen LogP contribution in [0, 0.1) is 6.92 Å². The van der Waals surface area contributed by atoms with E-state index in [9.17, 15) is 4.79 Å². The van der Waals surface area contributed by atoms with Crippen LogP contribution < -0.4 is 4.74 Å². The van der Waals surface area contributed by atoms with Crippen molar-refractivity contribution in [1.29, 1.82) is 0 Å². The fourth-order valence-corrected chi connectivity index (χ4v) is 4.47. The number of aryl methyl sites for hydroxylation is 1. The van der Waals surface area contributed by atoms with Crippen molar-refractivity contribution < 1.29 is 9.53 Å². The Morgan fingerprint density at radius 1 is 1.07 bits per heavy atom. The van der Waals surface area contributed by atoms with Gasteiger partial charge in [0.15, 0.2) is 0 Å². The predicted molar refractivity (Wildman–Crippen MR) is 104 cm³/mol. The molecule has 2 aliphatic rings. The number of methoxy groups -OCH3 is 1. The number of nitrogens with zero attached hydrogens (tertiary/aromatic N) is 3. The van der Waals surface area contributed by atoms with Gasteiger partial charge < -0.3 is 9.64 Å². The molecule has 5 heteroatoms. The first-order chi connectivity index (χ1) is 13.1. The number of rotatable bonds is 5. The highest BCUT2D eigenvalue weighted by atomic mass is 16.5. The summed E-state index contributed by atoms with van der Waals surface area (Å²) in [7, 11) is 1.69. The van der Waals surface area contributed by atoms with Gasteiger partial charge >= 0.3 is 0 Å². The largest absolute Gasteiger partial charge is 0.497 e. The number of benzene rings is 1. The topological polar surface area (TPSA) is 45.7 Å². The molecule has 2 aliphatic heterocycles. The third-order valence-corrected chi connectivity index (χ3v) is 5.82. The Hall–Kier alpha value is -2.40. The van der Waals surface area contributed by atoms with Crippen LogP contribution in [0.4, 0.5) is 0 Å². The summed E-state index contributed by atoms with van der Waals surface area (Å²) in [6, 6.07) is 15.1. The molecule has 0 bridgehead atoms. The van der Waals surface area contributed by atoms with Crippen LogP contribution in [0.5, 0.6) is 5.75 Å². The molecule has 0 spiro atoms. The third kappa shape index (κ3) is 3.83. The molecule has 2 fully saturated rings. The van der Waals surface area contributed by atoms with Crippen LogP contribution in [0.15, 0.2) is 42.5 Å². The number of pyridine rings is 1. The second kappa shape index (κ2) is 7.69. The average Bonchev–Trinajstić information content (AvgIpc) is 3.08. The van der Waals surface area contributed by atoms with E-state index in [1.165, 1.54) is 5.56 Å². The predicted octanol–water partition coefficient (Wildman–Crippen LogP) is 3.16. The molecule has 2 aromatic rings. The van der Waals surface area contributed by atoms with E-state index in [4.69, 9.17) is 4.74 Å². The number of likely N-dealkylation sites (tertiary alicyclic amines) is 2. The molecule has 3 heterocycles. The summed E-state index contributed by atoms with van der Waals surface area (Å²) >= 11 is 0. The van der Waals surface area contributed by atoms with Gasteiger partial charge in [-0.1, -0.05) is 18.2 Å². The van der Waals surface area contributed by atoms with Crippen molar-refractivity contribution in [2.75, 3.05) is 13.7 Å². The first kappa shape index (κ1) is 18.0. The Morgan fingerprint density at radius 3 is 2.63 bits per heavy atom. The van der Waals surface area contributed by atoms with Crippen molar-refractivity contribution >= 4 is 5.91 Å². The number of hydrogen-bond donors (Lipinski definition) is 0. The van der Waals surface area contributed by atoms with Crippen molar-refractivity contribution in [3.8, 4) is 5.75 Å². The Morgan fingerprint density at radius 2 is 1.89 bits per heavy atom. The van der Waals surface area contributed by atoms with Gasteiger partial charge in [-0.25, -0.2) is 0 Å². The zero-order valence-corrected chi connectivity index (χ0v) is 16.1. The van der Waals surface area contributed by atoms with Crippen LogP contribution in [0.1, 0.15) is 36.2 Å². The highest BCUT2D eigenvalue weighted by molar-refractivity contribution is 5.77. The summed E-state index contributed by atoms with van der Waals surface area (Å²) in [5, 5.41) is 0. The van der Waals surface area contributed by atoms with Gasteiger partial charge in [-0.15, -0.1) is 0 Å². The minimum Gasteiger partial charge on any atom is -0.497 e. The number of hydrogen-bond acceptors (Lipinski definition) is 4. The van der Waals surface area contributed by atoms with Crippen molar-refractivity contribution in [3.63, 3.8) is 0 Å². The number of fused-ring (bicyclic) bond motifs is 1. The lowest BCUT2D eigenvalue weighted by Crippen LogP contribution is -2.51. The zero-order chi connectivity index (χ0) is 18.8. The summed E-state index contributed by atoms with van der Waals surface area (Å²) < 4.78 is 5.25. The van der Waals surface area contributed by atoms with Crippen molar-refractivity contribution in [2.24, 2.45) is 0 Å². The van der Waals surface area contributed by atoms with E-state index >= 15 is 0 Å². The Labute approximate surface area is 161 Å². The fourth-order valence-electron chi connectivity index (χ4n) is 4.47. The van der Waals surface area contributed by atoms with Crippen molar-refractivity contribution in [1.82, 2.24) is 14.8 Å². The molecule has 0 unspecified atom stereocenters. The van der Waals surface area contributed by atoms with Gasteiger partial charge in [0.2, 0.25) is 5.91 Å². The van der Waals surface area contributed by atoms with Crippen LogP contribution in [0.2, 0.25) is 0 Å². The number of amides is 1. The average molecular weight is 365 g/mol. The lowest BCUT2D eigenvalue weighted by molar-refractivity contribution is -0.138. The summed E-state index contributed by atoms with van der Waals surface area (Å²) in [4.78, 5) is 21.8. The molecule has 0 radical (unpaired) electrons. The minimum absolute atomic E-state index is 0.269. The summed E-state index contributed by atoms with van der Waals surface area (Å²) in [6.07, 6.45) is 2.63. The van der Waals surface area contributed by atoms with E-state index in [0.717, 1.165) is 43.1 Å². The summed E-state index contributed by atoms with van der Waals surface area (Å²) in [5.41, 5.74) is 3.28. The quantitative estimate of drug-likeness (QED) is 0.816. The van der Waals surface area contributed by atoms with Crippen LogP contribution in [0.3, 0.4) is 0 Å². The van der Waals surface area contributed by atoms with Crippen molar-refractivity contribution in [3.05, 3.63) is 59.4 Å². The zero-order valence-electron chi connectivity index (χ0n) is 16.1. The van der Waals surface area contributed by atoms with Gasteiger partial charge in [-0.2, -0.15) is 0 Å². The molecule has 2 atom stereocenters.